The van der Waals surface area contributed by atoms with Crippen molar-refractivity contribution in [1.29, 1.82) is 0 Å². The van der Waals surface area contributed by atoms with Crippen LogP contribution < -0.4 is 10.5 Å². The summed E-state index contributed by atoms with van der Waals surface area (Å²) < 4.78 is 26.3. The number of nitrogen functional groups attached to an aromatic ring is 1. The number of nitrogens with two attached hydrogens (primary N) is 1. The zero-order valence-corrected chi connectivity index (χ0v) is 10.3. The highest BCUT2D eigenvalue weighted by atomic mass is 32.2. The van der Waals surface area contributed by atoms with Crippen LogP contribution in [0.3, 0.4) is 0 Å². The predicted molar refractivity (Wildman–Crippen MR) is 65.6 cm³/mol. The molecule has 1 rings (SSSR count). The maximum absolute atomic E-state index is 11.9. The first-order valence-corrected chi connectivity index (χ1v) is 6.32. The van der Waals surface area contributed by atoms with E-state index in [0.29, 0.717) is 5.56 Å². The summed E-state index contributed by atoms with van der Waals surface area (Å²) in [6, 6.07) is 5.01. The summed E-state index contributed by atoms with van der Waals surface area (Å²) in [6.07, 6.45) is 0. The molecule has 0 saturated carbocycles. The molecule has 0 aliphatic carbocycles. The molecule has 3 N–H and O–H groups in total. The number of aryl methyl sites for hydroxylation is 1. The maximum atomic E-state index is 11.9. The fourth-order valence-corrected chi connectivity index (χ4v) is 2.78. The molecule has 1 aromatic carbocycles. The molecule has 5 heteroatoms. The highest BCUT2D eigenvalue weighted by Gasteiger charge is 2.18. The monoisotopic (exact) mass is 240 g/mol. The van der Waals surface area contributed by atoms with Gasteiger partial charge in [-0.05, 0) is 25.5 Å². The van der Waals surface area contributed by atoms with Gasteiger partial charge in [0.2, 0.25) is 10.0 Å². The lowest BCUT2D eigenvalue weighted by Crippen LogP contribution is -2.26. The van der Waals surface area contributed by atoms with Crippen molar-refractivity contribution < 1.29 is 8.42 Å². The summed E-state index contributed by atoms with van der Waals surface area (Å²) in [5, 5.41) is 0. The number of hydrogen-bond donors (Lipinski definition) is 2. The Morgan fingerprint density at radius 3 is 2.62 bits per heavy atom. The number of nitrogens with one attached hydrogen (secondary N) is 1. The lowest BCUT2D eigenvalue weighted by molar-refractivity contribution is 0.584. The van der Waals surface area contributed by atoms with Crippen molar-refractivity contribution >= 4 is 15.7 Å². The number of hydrogen-bond acceptors (Lipinski definition) is 3. The van der Waals surface area contributed by atoms with Crippen LogP contribution in [-0.4, -0.2) is 15.0 Å². The van der Waals surface area contributed by atoms with Crippen molar-refractivity contribution in [2.45, 2.75) is 18.7 Å². The Kier molecular flexibility index (Phi) is 3.72. The Balaban J connectivity index is 3.12. The van der Waals surface area contributed by atoms with Gasteiger partial charge in [0.15, 0.2) is 0 Å². The Bertz CT molecular complexity index is 486. The number of anilines is 1. The SMILES string of the molecule is C=C(C)CNS(=O)(=O)c1c(C)cccc1N. The minimum absolute atomic E-state index is 0.149. The molecule has 16 heavy (non-hydrogen) atoms. The summed E-state index contributed by atoms with van der Waals surface area (Å²) >= 11 is 0. The smallest absolute Gasteiger partial charge is 0.243 e. The molecule has 4 nitrogen and oxygen atoms in total. The van der Waals surface area contributed by atoms with E-state index in [1.54, 1.807) is 32.0 Å². The Labute approximate surface area is 96.2 Å². The number of benzene rings is 1. The van der Waals surface area contributed by atoms with Gasteiger partial charge in [-0.2, -0.15) is 0 Å². The molecule has 0 bridgehead atoms. The number of rotatable bonds is 4. The molecule has 0 fully saturated rings. The lowest BCUT2D eigenvalue weighted by atomic mass is 10.2. The maximum Gasteiger partial charge on any atom is 0.243 e. The van der Waals surface area contributed by atoms with Crippen molar-refractivity contribution in [3.63, 3.8) is 0 Å². The van der Waals surface area contributed by atoms with Crippen LogP contribution in [-0.2, 0) is 10.0 Å². The lowest BCUT2D eigenvalue weighted by Gasteiger charge is -2.11. The second kappa shape index (κ2) is 4.67. The summed E-state index contributed by atoms with van der Waals surface area (Å²) in [6.45, 7) is 7.32. The van der Waals surface area contributed by atoms with Gasteiger partial charge in [0.1, 0.15) is 4.90 Å². The largest absolute Gasteiger partial charge is 0.398 e. The third-order valence-corrected chi connectivity index (χ3v) is 3.69. The number of sulfonamides is 1. The van der Waals surface area contributed by atoms with Gasteiger partial charge in [0.05, 0.1) is 5.69 Å². The quantitative estimate of drug-likeness (QED) is 0.617. The normalized spacial score (nSPS) is 11.4. The van der Waals surface area contributed by atoms with E-state index in [-0.39, 0.29) is 17.1 Å². The van der Waals surface area contributed by atoms with Crippen LogP contribution in [0.25, 0.3) is 0 Å². The molecule has 1 aromatic rings. The molecule has 0 unspecified atom stereocenters. The summed E-state index contributed by atoms with van der Waals surface area (Å²) in [5.74, 6) is 0. The average Bonchev–Trinajstić information content (AvgIpc) is 2.14. The predicted octanol–water partition coefficient (Wildman–Crippen LogP) is 1.43. The van der Waals surface area contributed by atoms with E-state index in [0.717, 1.165) is 5.57 Å². The van der Waals surface area contributed by atoms with Gasteiger partial charge in [-0.15, -0.1) is 0 Å². The Morgan fingerprint density at radius 1 is 1.50 bits per heavy atom. The zero-order chi connectivity index (χ0) is 12.3. The standard InChI is InChI=1S/C11H16N2O2S/c1-8(2)7-13-16(14,15)11-9(3)5-4-6-10(11)12/h4-6,13H,1,7,12H2,2-3H3. The highest BCUT2D eigenvalue weighted by Crippen LogP contribution is 2.21. The van der Waals surface area contributed by atoms with Gasteiger partial charge >= 0.3 is 0 Å². The molecule has 88 valence electrons. The van der Waals surface area contributed by atoms with Crippen LogP contribution in [0.4, 0.5) is 5.69 Å². The van der Waals surface area contributed by atoms with E-state index in [4.69, 9.17) is 5.73 Å². The van der Waals surface area contributed by atoms with E-state index in [1.807, 2.05) is 0 Å². The van der Waals surface area contributed by atoms with Crippen molar-refractivity contribution in [2.75, 3.05) is 12.3 Å². The average molecular weight is 240 g/mol. The second-order valence-electron chi connectivity index (χ2n) is 3.77. The molecule has 0 radical (unpaired) electrons. The summed E-state index contributed by atoms with van der Waals surface area (Å²) in [4.78, 5) is 0.149. The van der Waals surface area contributed by atoms with E-state index in [1.165, 1.54) is 0 Å². The molecule has 0 aromatic heterocycles. The third-order valence-electron chi connectivity index (χ3n) is 2.08. The molecule has 0 spiro atoms. The highest BCUT2D eigenvalue weighted by molar-refractivity contribution is 7.89. The van der Waals surface area contributed by atoms with Gasteiger partial charge in [-0.25, -0.2) is 13.1 Å². The van der Waals surface area contributed by atoms with Crippen LogP contribution in [0.5, 0.6) is 0 Å². The van der Waals surface area contributed by atoms with E-state index in [2.05, 4.69) is 11.3 Å². The van der Waals surface area contributed by atoms with Gasteiger partial charge in [0.25, 0.3) is 0 Å². The van der Waals surface area contributed by atoms with Gasteiger partial charge in [-0.3, -0.25) is 0 Å². The second-order valence-corrected chi connectivity index (χ2v) is 5.48. The van der Waals surface area contributed by atoms with Crippen LogP contribution in [0.15, 0.2) is 35.2 Å². The van der Waals surface area contributed by atoms with Crippen LogP contribution in [0.1, 0.15) is 12.5 Å². The topological polar surface area (TPSA) is 72.2 Å². The van der Waals surface area contributed by atoms with Crippen molar-refractivity contribution in [3.05, 3.63) is 35.9 Å². The molecular weight excluding hydrogens is 224 g/mol. The molecular formula is C11H16N2O2S. The molecule has 0 aliphatic rings. The summed E-state index contributed by atoms with van der Waals surface area (Å²) in [5.41, 5.74) is 7.31. The van der Waals surface area contributed by atoms with Gasteiger partial charge in [-0.1, -0.05) is 24.3 Å². The Hall–Kier alpha value is -1.33. The zero-order valence-electron chi connectivity index (χ0n) is 9.45. The molecule has 0 saturated heterocycles. The minimum Gasteiger partial charge on any atom is -0.398 e. The fraction of sp³-hybridized carbons (Fsp3) is 0.273. The van der Waals surface area contributed by atoms with Crippen LogP contribution >= 0.6 is 0 Å². The molecule has 0 amide bonds. The van der Waals surface area contributed by atoms with Crippen molar-refractivity contribution in [3.8, 4) is 0 Å². The van der Waals surface area contributed by atoms with Gasteiger partial charge < -0.3 is 5.73 Å². The Morgan fingerprint density at radius 2 is 2.12 bits per heavy atom. The van der Waals surface area contributed by atoms with Crippen LogP contribution in [0, 0.1) is 6.92 Å². The molecule has 0 atom stereocenters. The van der Waals surface area contributed by atoms with Crippen LogP contribution in [0.2, 0.25) is 0 Å². The molecule has 0 aliphatic heterocycles. The van der Waals surface area contributed by atoms with Crippen molar-refractivity contribution in [1.82, 2.24) is 4.72 Å². The first-order valence-electron chi connectivity index (χ1n) is 4.83. The van der Waals surface area contributed by atoms with E-state index < -0.39 is 10.0 Å². The minimum atomic E-state index is -3.55. The van der Waals surface area contributed by atoms with E-state index >= 15 is 0 Å². The first kappa shape index (κ1) is 12.7. The third kappa shape index (κ3) is 2.84. The van der Waals surface area contributed by atoms with Gasteiger partial charge in [0, 0.05) is 6.54 Å². The fourth-order valence-electron chi connectivity index (χ4n) is 1.33. The molecule has 0 heterocycles. The summed E-state index contributed by atoms with van der Waals surface area (Å²) in [7, 11) is -3.55. The van der Waals surface area contributed by atoms with E-state index in [9.17, 15) is 8.42 Å². The first-order chi connectivity index (χ1) is 7.34. The van der Waals surface area contributed by atoms with Crippen molar-refractivity contribution in [2.24, 2.45) is 0 Å².